The predicted octanol–water partition coefficient (Wildman–Crippen LogP) is 1.04. The van der Waals surface area contributed by atoms with E-state index in [-0.39, 0.29) is 28.6 Å². The third-order valence-electron chi connectivity index (χ3n) is 4.00. The van der Waals surface area contributed by atoms with Gasteiger partial charge in [0.1, 0.15) is 0 Å². The second kappa shape index (κ2) is 7.24. The van der Waals surface area contributed by atoms with E-state index in [4.69, 9.17) is 16.3 Å². The molecule has 3 rings (SSSR count). The monoisotopic (exact) mass is 342 g/mol. The van der Waals surface area contributed by atoms with Crippen LogP contribution in [-0.4, -0.2) is 60.3 Å². The Morgan fingerprint density at radius 1 is 1.30 bits per heavy atom. The van der Waals surface area contributed by atoms with Gasteiger partial charge < -0.3 is 20.3 Å². The Hall–Kier alpha value is -1.71. The molecule has 2 aliphatic heterocycles. The lowest BCUT2D eigenvalue weighted by atomic mass is 10.1. The molecule has 23 heavy (non-hydrogen) atoms. The van der Waals surface area contributed by atoms with E-state index < -0.39 is 4.92 Å². The van der Waals surface area contributed by atoms with E-state index in [1.54, 1.807) is 0 Å². The minimum Gasteiger partial charge on any atom is -0.381 e. The van der Waals surface area contributed by atoms with Gasteiger partial charge in [-0.05, 0) is 24.4 Å². The van der Waals surface area contributed by atoms with Crippen LogP contribution in [0.4, 0.5) is 17.3 Å². The maximum Gasteiger partial charge on any atom is 0.353 e. The largest absolute Gasteiger partial charge is 0.381 e. The summed E-state index contributed by atoms with van der Waals surface area (Å²) in [5.41, 5.74) is -0.109. The van der Waals surface area contributed by atoms with Crippen LogP contribution in [-0.2, 0) is 4.74 Å². The normalized spacial score (nSPS) is 19.6. The molecule has 0 aromatic carbocycles. The molecule has 2 saturated heterocycles. The van der Waals surface area contributed by atoms with Crippen molar-refractivity contribution in [2.24, 2.45) is 0 Å². The minimum atomic E-state index is -0.435. The molecule has 10 heteroatoms. The summed E-state index contributed by atoms with van der Waals surface area (Å²) in [6.45, 7) is 4.06. The number of piperazine rings is 1. The standard InChI is InChI=1S/C13H19ClN6O3/c14-13-17-11(16-9-1-7-23-8-2-9)10(20(21)22)12(18-13)19-5-3-15-4-6-19/h9,15H,1-8H2,(H,16,17,18). The van der Waals surface area contributed by atoms with E-state index in [0.29, 0.717) is 26.3 Å². The van der Waals surface area contributed by atoms with Crippen molar-refractivity contribution in [1.82, 2.24) is 15.3 Å². The molecule has 0 unspecified atom stereocenters. The number of hydrogen-bond acceptors (Lipinski definition) is 8. The summed E-state index contributed by atoms with van der Waals surface area (Å²) < 4.78 is 5.31. The van der Waals surface area contributed by atoms with E-state index in [0.717, 1.165) is 25.9 Å². The number of anilines is 2. The number of nitro groups is 1. The number of rotatable bonds is 4. The number of nitrogens with one attached hydrogen (secondary N) is 2. The van der Waals surface area contributed by atoms with Crippen molar-refractivity contribution in [3.63, 3.8) is 0 Å². The highest BCUT2D eigenvalue weighted by molar-refractivity contribution is 6.28. The van der Waals surface area contributed by atoms with Gasteiger partial charge in [-0.15, -0.1) is 0 Å². The van der Waals surface area contributed by atoms with E-state index in [9.17, 15) is 10.1 Å². The summed E-state index contributed by atoms with van der Waals surface area (Å²) in [6, 6.07) is 0.0873. The Balaban J connectivity index is 1.93. The summed E-state index contributed by atoms with van der Waals surface area (Å²) in [6.07, 6.45) is 1.56. The Kier molecular flexibility index (Phi) is 5.09. The van der Waals surface area contributed by atoms with Crippen LogP contribution in [0, 0.1) is 10.1 Å². The van der Waals surface area contributed by atoms with Crippen molar-refractivity contribution in [3.05, 3.63) is 15.4 Å². The average Bonchev–Trinajstić information content (AvgIpc) is 2.55. The molecule has 0 spiro atoms. The summed E-state index contributed by atoms with van der Waals surface area (Å²) in [4.78, 5) is 21.2. The first-order valence-corrected chi connectivity index (χ1v) is 8.05. The fourth-order valence-corrected chi connectivity index (χ4v) is 2.98. The van der Waals surface area contributed by atoms with Crippen molar-refractivity contribution in [3.8, 4) is 0 Å². The van der Waals surface area contributed by atoms with E-state index >= 15 is 0 Å². The zero-order valence-corrected chi connectivity index (χ0v) is 13.4. The van der Waals surface area contributed by atoms with Crippen molar-refractivity contribution >= 4 is 28.9 Å². The van der Waals surface area contributed by atoms with Gasteiger partial charge in [-0.25, -0.2) is 0 Å². The maximum absolute atomic E-state index is 11.6. The first kappa shape index (κ1) is 16.2. The smallest absolute Gasteiger partial charge is 0.353 e. The summed E-state index contributed by atoms with van der Waals surface area (Å²) in [5.74, 6) is 0.474. The van der Waals surface area contributed by atoms with Gasteiger partial charge in [-0.3, -0.25) is 10.1 Å². The molecule has 2 fully saturated rings. The van der Waals surface area contributed by atoms with Gasteiger partial charge in [0.2, 0.25) is 16.9 Å². The second-order valence-corrected chi connectivity index (χ2v) is 5.88. The molecule has 0 atom stereocenters. The zero-order chi connectivity index (χ0) is 16.2. The molecule has 0 aliphatic carbocycles. The number of ether oxygens (including phenoxy) is 1. The molecular formula is C13H19ClN6O3. The molecule has 0 radical (unpaired) electrons. The Labute approximate surface area is 138 Å². The highest BCUT2D eigenvalue weighted by atomic mass is 35.5. The minimum absolute atomic E-state index is 0.0127. The molecule has 0 saturated carbocycles. The zero-order valence-electron chi connectivity index (χ0n) is 12.6. The maximum atomic E-state index is 11.6. The van der Waals surface area contributed by atoms with Crippen LogP contribution >= 0.6 is 11.6 Å². The Morgan fingerprint density at radius 3 is 2.65 bits per heavy atom. The molecule has 2 aliphatic rings. The fraction of sp³-hybridized carbons (Fsp3) is 0.692. The average molecular weight is 343 g/mol. The lowest BCUT2D eigenvalue weighted by Gasteiger charge is -2.29. The van der Waals surface area contributed by atoms with Crippen LogP contribution in [0.5, 0.6) is 0 Å². The highest BCUT2D eigenvalue weighted by Crippen LogP contribution is 2.34. The summed E-state index contributed by atoms with van der Waals surface area (Å²) in [7, 11) is 0. The number of nitrogens with zero attached hydrogens (tertiary/aromatic N) is 4. The van der Waals surface area contributed by atoms with Crippen LogP contribution in [0.3, 0.4) is 0 Å². The van der Waals surface area contributed by atoms with Gasteiger partial charge in [-0.2, -0.15) is 9.97 Å². The second-order valence-electron chi connectivity index (χ2n) is 5.54. The highest BCUT2D eigenvalue weighted by Gasteiger charge is 2.30. The molecule has 3 heterocycles. The predicted molar refractivity (Wildman–Crippen MR) is 86.2 cm³/mol. The molecule has 1 aromatic rings. The van der Waals surface area contributed by atoms with Crippen LogP contribution in [0.25, 0.3) is 0 Å². The SMILES string of the molecule is O=[N+]([O-])c1c(NC2CCOCC2)nc(Cl)nc1N1CCNCC1. The van der Waals surface area contributed by atoms with Gasteiger partial charge in [0.15, 0.2) is 0 Å². The Morgan fingerprint density at radius 2 is 2.00 bits per heavy atom. The third-order valence-corrected chi connectivity index (χ3v) is 4.17. The molecule has 126 valence electrons. The van der Waals surface area contributed by atoms with E-state index in [2.05, 4.69) is 20.6 Å². The number of halogens is 1. The first-order valence-electron chi connectivity index (χ1n) is 7.67. The Bertz CT molecular complexity index is 575. The number of hydrogen-bond donors (Lipinski definition) is 2. The molecular weight excluding hydrogens is 324 g/mol. The van der Waals surface area contributed by atoms with Crippen LogP contribution in [0.1, 0.15) is 12.8 Å². The molecule has 0 amide bonds. The van der Waals surface area contributed by atoms with E-state index in [1.165, 1.54) is 0 Å². The van der Waals surface area contributed by atoms with Crippen molar-refractivity contribution in [2.45, 2.75) is 18.9 Å². The van der Waals surface area contributed by atoms with Crippen LogP contribution in [0.15, 0.2) is 0 Å². The van der Waals surface area contributed by atoms with Gasteiger partial charge in [0.05, 0.1) is 4.92 Å². The number of aromatic nitrogens is 2. The molecule has 0 bridgehead atoms. The van der Waals surface area contributed by atoms with Gasteiger partial charge >= 0.3 is 5.69 Å². The van der Waals surface area contributed by atoms with Gasteiger partial charge in [0.25, 0.3) is 0 Å². The van der Waals surface area contributed by atoms with Gasteiger partial charge in [0, 0.05) is 45.4 Å². The lowest BCUT2D eigenvalue weighted by Crippen LogP contribution is -2.44. The molecule has 2 N–H and O–H groups in total. The third kappa shape index (κ3) is 3.80. The fourth-order valence-electron chi connectivity index (χ4n) is 2.82. The van der Waals surface area contributed by atoms with Gasteiger partial charge in [-0.1, -0.05) is 0 Å². The van der Waals surface area contributed by atoms with Crippen molar-refractivity contribution < 1.29 is 9.66 Å². The summed E-state index contributed by atoms with van der Waals surface area (Å²) >= 11 is 6.01. The molecule has 9 nitrogen and oxygen atoms in total. The molecule has 1 aromatic heterocycles. The topological polar surface area (TPSA) is 105 Å². The van der Waals surface area contributed by atoms with Crippen LogP contribution < -0.4 is 15.5 Å². The lowest BCUT2D eigenvalue weighted by molar-refractivity contribution is -0.383. The van der Waals surface area contributed by atoms with Crippen LogP contribution in [0.2, 0.25) is 5.28 Å². The van der Waals surface area contributed by atoms with E-state index in [1.807, 2.05) is 4.90 Å². The summed E-state index contributed by atoms with van der Waals surface area (Å²) in [5, 5.41) is 18.0. The quantitative estimate of drug-likeness (QED) is 0.475. The van der Waals surface area contributed by atoms with Crippen molar-refractivity contribution in [2.75, 3.05) is 49.6 Å². The first-order chi connectivity index (χ1) is 11.1. The van der Waals surface area contributed by atoms with Crippen molar-refractivity contribution in [1.29, 1.82) is 0 Å².